The fourth-order valence-corrected chi connectivity index (χ4v) is 2.59. The Balaban J connectivity index is 2.05. The van der Waals surface area contributed by atoms with Gasteiger partial charge in [-0.15, -0.1) is 0 Å². The number of amides is 2. The Bertz CT molecular complexity index is 148. The van der Waals surface area contributed by atoms with Crippen molar-refractivity contribution in [1.82, 2.24) is 10.6 Å². The van der Waals surface area contributed by atoms with E-state index < -0.39 is 0 Å². The van der Waals surface area contributed by atoms with Gasteiger partial charge in [0.05, 0.1) is 0 Å². The Morgan fingerprint density at radius 2 is 1.90 bits per heavy atom. The van der Waals surface area contributed by atoms with Gasteiger partial charge in [0.15, 0.2) is 0 Å². The first kappa shape index (κ1) is 6.34. The predicted molar refractivity (Wildman–Crippen MR) is 41.2 cm³/mol. The number of thioether (sulfide) groups is 1. The lowest BCUT2D eigenvalue weighted by molar-refractivity contribution is 0.222. The van der Waals surface area contributed by atoms with Gasteiger partial charge in [0.25, 0.3) is 0 Å². The van der Waals surface area contributed by atoms with Crippen LogP contribution in [-0.2, 0) is 0 Å². The third-order valence-corrected chi connectivity index (χ3v) is 3.15. The van der Waals surface area contributed by atoms with Crippen LogP contribution < -0.4 is 10.6 Å². The number of hydrogen-bond donors (Lipinski definition) is 2. The van der Waals surface area contributed by atoms with Crippen LogP contribution in [0.25, 0.3) is 0 Å². The monoisotopic (exact) mass is 158 g/mol. The van der Waals surface area contributed by atoms with E-state index in [1.165, 1.54) is 0 Å². The molecule has 0 aromatic heterocycles. The van der Waals surface area contributed by atoms with Crippen LogP contribution in [0.1, 0.15) is 6.42 Å². The van der Waals surface area contributed by atoms with Crippen molar-refractivity contribution >= 4 is 17.8 Å². The summed E-state index contributed by atoms with van der Waals surface area (Å²) < 4.78 is 0. The van der Waals surface area contributed by atoms with Gasteiger partial charge in [-0.3, -0.25) is 0 Å². The molecule has 0 saturated carbocycles. The van der Waals surface area contributed by atoms with E-state index in [1.54, 1.807) is 0 Å². The minimum absolute atomic E-state index is 0.0153. The molecular formula is C6H10N2OS. The lowest BCUT2D eigenvalue weighted by atomic mass is 10.1. The molecule has 2 saturated heterocycles. The van der Waals surface area contributed by atoms with Gasteiger partial charge in [0.2, 0.25) is 0 Å². The lowest BCUT2D eigenvalue weighted by Crippen LogP contribution is -2.58. The molecule has 2 aliphatic rings. The second-order valence-electron chi connectivity index (χ2n) is 2.78. The third-order valence-electron chi connectivity index (χ3n) is 1.88. The van der Waals surface area contributed by atoms with E-state index in [-0.39, 0.29) is 6.03 Å². The molecule has 2 aliphatic heterocycles. The quantitative estimate of drug-likeness (QED) is 0.528. The predicted octanol–water partition coefficient (Wildman–Crippen LogP) is 0.173. The maximum atomic E-state index is 10.8. The average Bonchev–Trinajstić information content (AvgIpc) is 1.85. The molecule has 2 heterocycles. The summed E-state index contributed by atoms with van der Waals surface area (Å²) in [5.41, 5.74) is 0. The summed E-state index contributed by atoms with van der Waals surface area (Å²) in [6.45, 7) is 0. The summed E-state index contributed by atoms with van der Waals surface area (Å²) in [7, 11) is 0. The van der Waals surface area contributed by atoms with Crippen molar-refractivity contribution in [3.05, 3.63) is 0 Å². The zero-order chi connectivity index (χ0) is 6.97. The molecule has 2 amide bonds. The van der Waals surface area contributed by atoms with Gasteiger partial charge < -0.3 is 10.6 Å². The Hall–Kier alpha value is -0.380. The number of carbonyl (C=O) groups excluding carboxylic acids is 1. The summed E-state index contributed by atoms with van der Waals surface area (Å²) >= 11 is 1.91. The van der Waals surface area contributed by atoms with Gasteiger partial charge in [-0.2, -0.15) is 11.8 Å². The topological polar surface area (TPSA) is 41.1 Å². The first-order valence-electron chi connectivity index (χ1n) is 3.49. The van der Waals surface area contributed by atoms with Crippen molar-refractivity contribution in [3.63, 3.8) is 0 Å². The normalized spacial score (nSPS) is 38.2. The molecule has 2 atom stereocenters. The zero-order valence-electron chi connectivity index (χ0n) is 5.59. The Labute approximate surface area is 63.9 Å². The summed E-state index contributed by atoms with van der Waals surface area (Å²) in [5.74, 6) is 2.17. The number of urea groups is 1. The molecule has 0 spiro atoms. The minimum atomic E-state index is 0.0153. The molecule has 3 nitrogen and oxygen atoms in total. The van der Waals surface area contributed by atoms with Gasteiger partial charge in [-0.05, 0) is 6.42 Å². The highest BCUT2D eigenvalue weighted by atomic mass is 32.2. The number of carbonyl (C=O) groups is 1. The average molecular weight is 158 g/mol. The van der Waals surface area contributed by atoms with E-state index in [2.05, 4.69) is 10.6 Å². The first-order chi connectivity index (χ1) is 4.84. The van der Waals surface area contributed by atoms with Crippen LogP contribution in [0.15, 0.2) is 0 Å². The van der Waals surface area contributed by atoms with Crippen LogP contribution in [0.3, 0.4) is 0 Å². The minimum Gasteiger partial charge on any atom is -0.335 e. The third kappa shape index (κ3) is 1.08. The van der Waals surface area contributed by atoms with Gasteiger partial charge in [-0.1, -0.05) is 0 Å². The zero-order valence-corrected chi connectivity index (χ0v) is 6.41. The van der Waals surface area contributed by atoms with E-state index in [0.717, 1.165) is 17.9 Å². The Morgan fingerprint density at radius 3 is 2.50 bits per heavy atom. The largest absolute Gasteiger partial charge is 0.335 e. The number of fused-ring (bicyclic) bond motifs is 2. The second kappa shape index (κ2) is 2.34. The SMILES string of the molecule is O=C1NC2CSC[C@H](C2)N1. The molecule has 4 heteroatoms. The standard InChI is InChI=1S/C6H10N2OS/c9-6-7-4-1-5(8-6)3-10-2-4/h4-5H,1-3H2,(H2,7,8,9)/t4-,5?/m0/s1. The highest BCUT2D eigenvalue weighted by Gasteiger charge is 2.29. The van der Waals surface area contributed by atoms with Gasteiger partial charge >= 0.3 is 6.03 Å². The maximum absolute atomic E-state index is 10.8. The molecule has 0 radical (unpaired) electrons. The smallest absolute Gasteiger partial charge is 0.315 e. The number of rotatable bonds is 0. The van der Waals surface area contributed by atoms with Gasteiger partial charge in [0, 0.05) is 23.6 Å². The second-order valence-corrected chi connectivity index (χ2v) is 3.86. The highest BCUT2D eigenvalue weighted by molar-refractivity contribution is 7.99. The van der Waals surface area contributed by atoms with E-state index in [0.29, 0.717) is 12.1 Å². The molecule has 2 N–H and O–H groups in total. The van der Waals surface area contributed by atoms with E-state index in [1.807, 2.05) is 11.8 Å². The first-order valence-corrected chi connectivity index (χ1v) is 4.65. The summed E-state index contributed by atoms with van der Waals surface area (Å²) in [6.07, 6.45) is 1.11. The number of nitrogens with one attached hydrogen (secondary N) is 2. The Morgan fingerprint density at radius 1 is 1.30 bits per heavy atom. The molecule has 2 fully saturated rings. The van der Waals surface area contributed by atoms with Crippen LogP contribution in [-0.4, -0.2) is 29.6 Å². The van der Waals surface area contributed by atoms with Crippen LogP contribution in [0.2, 0.25) is 0 Å². The fourth-order valence-electron chi connectivity index (χ4n) is 1.45. The molecule has 56 valence electrons. The summed E-state index contributed by atoms with van der Waals surface area (Å²) in [4.78, 5) is 10.8. The van der Waals surface area contributed by atoms with Crippen molar-refractivity contribution in [2.45, 2.75) is 18.5 Å². The van der Waals surface area contributed by atoms with Crippen LogP contribution in [0, 0.1) is 0 Å². The summed E-state index contributed by atoms with van der Waals surface area (Å²) in [5, 5.41) is 5.75. The molecule has 10 heavy (non-hydrogen) atoms. The van der Waals surface area contributed by atoms with E-state index >= 15 is 0 Å². The summed E-state index contributed by atoms with van der Waals surface area (Å²) in [6, 6.07) is 0.872. The molecule has 2 bridgehead atoms. The molecule has 0 aliphatic carbocycles. The maximum Gasteiger partial charge on any atom is 0.315 e. The van der Waals surface area contributed by atoms with E-state index in [9.17, 15) is 4.79 Å². The molecule has 1 unspecified atom stereocenters. The highest BCUT2D eigenvalue weighted by Crippen LogP contribution is 2.20. The van der Waals surface area contributed by atoms with Crippen molar-refractivity contribution < 1.29 is 4.79 Å². The van der Waals surface area contributed by atoms with Gasteiger partial charge in [0.1, 0.15) is 0 Å². The molecule has 0 aromatic rings. The van der Waals surface area contributed by atoms with Crippen LogP contribution in [0.5, 0.6) is 0 Å². The molecule has 2 rings (SSSR count). The fraction of sp³-hybridized carbons (Fsp3) is 0.833. The van der Waals surface area contributed by atoms with Crippen molar-refractivity contribution in [2.75, 3.05) is 11.5 Å². The van der Waals surface area contributed by atoms with Crippen LogP contribution >= 0.6 is 11.8 Å². The number of hydrogen-bond acceptors (Lipinski definition) is 2. The Kier molecular flexibility index (Phi) is 1.48. The van der Waals surface area contributed by atoms with E-state index in [4.69, 9.17) is 0 Å². The van der Waals surface area contributed by atoms with Crippen molar-refractivity contribution in [2.24, 2.45) is 0 Å². The van der Waals surface area contributed by atoms with Crippen molar-refractivity contribution in [3.8, 4) is 0 Å². The van der Waals surface area contributed by atoms with Gasteiger partial charge in [-0.25, -0.2) is 4.79 Å². The molecule has 0 aromatic carbocycles. The molecular weight excluding hydrogens is 148 g/mol. The van der Waals surface area contributed by atoms with Crippen LogP contribution in [0.4, 0.5) is 4.79 Å². The van der Waals surface area contributed by atoms with Crippen molar-refractivity contribution in [1.29, 1.82) is 0 Å². The lowest BCUT2D eigenvalue weighted by Gasteiger charge is -2.35.